The van der Waals surface area contributed by atoms with E-state index in [1.54, 1.807) is 6.20 Å². The van der Waals surface area contributed by atoms with Gasteiger partial charge in [-0.25, -0.2) is 4.21 Å². The molecule has 3 aromatic rings. The topological polar surface area (TPSA) is 44.9 Å². The minimum Gasteiger partial charge on any atom is -0.358 e. The molecule has 3 rings (SSSR count). The minimum absolute atomic E-state index is 0.657. The van der Waals surface area contributed by atoms with Crippen LogP contribution in [-0.2, 0) is 11.0 Å². The highest BCUT2D eigenvalue weighted by atomic mass is 35.5. The summed E-state index contributed by atoms with van der Waals surface area (Å²) >= 11 is 6.06. The molecule has 5 heteroatoms. The van der Waals surface area contributed by atoms with Crippen LogP contribution in [0.4, 0.5) is 5.69 Å². The molecule has 0 spiro atoms. The minimum atomic E-state index is -1.29. The number of fused-ring (bicyclic) bond motifs is 1. The molecule has 1 aromatic heterocycles. The van der Waals surface area contributed by atoms with Crippen LogP contribution in [-0.4, -0.2) is 9.19 Å². The van der Waals surface area contributed by atoms with Gasteiger partial charge in [-0.2, -0.15) is 0 Å². The van der Waals surface area contributed by atoms with Gasteiger partial charge in [0.25, 0.3) is 0 Å². The number of aromatic nitrogens is 1. The monoisotopic (exact) mass is 290 g/mol. The Morgan fingerprint density at radius 2 is 1.84 bits per heavy atom. The van der Waals surface area contributed by atoms with Crippen LogP contribution in [0.2, 0.25) is 5.02 Å². The summed E-state index contributed by atoms with van der Waals surface area (Å²) in [5.41, 5.74) is 1.63. The number of halogens is 1. The van der Waals surface area contributed by atoms with E-state index in [2.05, 4.69) is 9.71 Å². The van der Waals surface area contributed by atoms with E-state index in [4.69, 9.17) is 11.6 Å². The smallest absolute Gasteiger partial charge is 0.150 e. The van der Waals surface area contributed by atoms with Gasteiger partial charge in [0.2, 0.25) is 0 Å². The second kappa shape index (κ2) is 5.07. The molecule has 19 heavy (non-hydrogen) atoms. The molecule has 2 N–H and O–H groups in total. The number of hydrogen-bond acceptors (Lipinski definition) is 1. The molecular weight excluding hydrogens is 280 g/mol. The van der Waals surface area contributed by atoms with Crippen LogP contribution in [0.5, 0.6) is 0 Å². The van der Waals surface area contributed by atoms with E-state index >= 15 is 0 Å². The van der Waals surface area contributed by atoms with Gasteiger partial charge < -0.3 is 4.98 Å². The Labute approximate surface area is 118 Å². The summed E-state index contributed by atoms with van der Waals surface area (Å²) in [5.74, 6) is 0. The molecule has 3 nitrogen and oxygen atoms in total. The molecule has 0 radical (unpaired) electrons. The van der Waals surface area contributed by atoms with Gasteiger partial charge in [0.1, 0.15) is 11.0 Å². The summed E-state index contributed by atoms with van der Waals surface area (Å²) in [6, 6.07) is 14.9. The number of rotatable bonds is 3. The zero-order valence-electron chi connectivity index (χ0n) is 9.89. The number of H-pyrrole nitrogens is 1. The lowest BCUT2D eigenvalue weighted by Gasteiger charge is -2.07. The molecule has 0 bridgehead atoms. The van der Waals surface area contributed by atoms with Crippen LogP contribution >= 0.6 is 11.6 Å². The number of para-hydroxylation sites is 1. The van der Waals surface area contributed by atoms with Crippen LogP contribution in [0, 0.1) is 0 Å². The van der Waals surface area contributed by atoms with E-state index in [0.717, 1.165) is 21.5 Å². The zero-order valence-corrected chi connectivity index (χ0v) is 11.5. The number of anilines is 1. The van der Waals surface area contributed by atoms with E-state index in [0.29, 0.717) is 5.02 Å². The van der Waals surface area contributed by atoms with Crippen molar-refractivity contribution in [2.45, 2.75) is 4.90 Å². The van der Waals surface area contributed by atoms with Crippen LogP contribution in [0.25, 0.3) is 10.9 Å². The average Bonchev–Trinajstić information content (AvgIpc) is 2.83. The van der Waals surface area contributed by atoms with Gasteiger partial charge in [-0.05, 0) is 18.2 Å². The molecule has 0 amide bonds. The molecule has 1 heterocycles. The maximum atomic E-state index is 12.2. The van der Waals surface area contributed by atoms with Gasteiger partial charge in [-0.15, -0.1) is 0 Å². The normalized spacial score (nSPS) is 12.5. The number of aromatic amines is 1. The predicted octanol–water partition coefficient (Wildman–Crippen LogP) is 3.96. The van der Waals surface area contributed by atoms with Crippen LogP contribution in [0.15, 0.2) is 59.6 Å². The fourth-order valence-corrected chi connectivity index (χ4v) is 3.01. The lowest BCUT2D eigenvalue weighted by Crippen LogP contribution is -2.04. The van der Waals surface area contributed by atoms with Gasteiger partial charge >= 0.3 is 0 Å². The first kappa shape index (κ1) is 12.3. The quantitative estimate of drug-likeness (QED) is 0.753. The number of hydrogen-bond donors (Lipinski definition) is 2. The van der Waals surface area contributed by atoms with Gasteiger partial charge in [-0.3, -0.25) is 4.72 Å². The van der Waals surface area contributed by atoms with Crippen LogP contribution < -0.4 is 4.72 Å². The van der Waals surface area contributed by atoms with Crippen molar-refractivity contribution in [2.24, 2.45) is 0 Å². The lowest BCUT2D eigenvalue weighted by atomic mass is 10.2. The summed E-state index contributed by atoms with van der Waals surface area (Å²) in [6.45, 7) is 0. The standard InChI is InChI=1S/C14H11ClN2OS/c15-12-9-16-14-11(12)7-4-8-13(14)17-19(18)10-5-2-1-3-6-10/h1-9,16-17H. The molecule has 0 aliphatic heterocycles. The van der Waals surface area contributed by atoms with Crippen molar-refractivity contribution in [2.75, 3.05) is 4.72 Å². The number of benzene rings is 2. The van der Waals surface area contributed by atoms with Gasteiger partial charge in [0.05, 0.1) is 21.1 Å². The Kier molecular flexibility index (Phi) is 3.27. The molecule has 0 saturated carbocycles. The highest BCUT2D eigenvalue weighted by molar-refractivity contribution is 7.86. The Morgan fingerprint density at radius 3 is 2.63 bits per heavy atom. The fraction of sp³-hybridized carbons (Fsp3) is 0. The van der Waals surface area contributed by atoms with Crippen molar-refractivity contribution in [1.29, 1.82) is 0 Å². The molecule has 0 fully saturated rings. The van der Waals surface area contributed by atoms with Crippen molar-refractivity contribution in [1.82, 2.24) is 4.98 Å². The first-order valence-corrected chi connectivity index (χ1v) is 7.27. The second-order valence-electron chi connectivity index (χ2n) is 4.05. The average molecular weight is 291 g/mol. The maximum absolute atomic E-state index is 12.2. The molecule has 1 atom stereocenters. The summed E-state index contributed by atoms with van der Waals surface area (Å²) < 4.78 is 15.2. The zero-order chi connectivity index (χ0) is 13.2. The fourth-order valence-electron chi connectivity index (χ4n) is 1.91. The van der Waals surface area contributed by atoms with Crippen molar-refractivity contribution in [3.8, 4) is 0 Å². The van der Waals surface area contributed by atoms with Crippen LogP contribution in [0.1, 0.15) is 0 Å². The molecule has 1 unspecified atom stereocenters. The van der Waals surface area contributed by atoms with E-state index in [-0.39, 0.29) is 0 Å². The summed E-state index contributed by atoms with van der Waals surface area (Å²) in [4.78, 5) is 3.82. The summed E-state index contributed by atoms with van der Waals surface area (Å²) in [5, 5.41) is 1.57. The molecule has 0 saturated heterocycles. The van der Waals surface area contributed by atoms with Crippen molar-refractivity contribution < 1.29 is 4.21 Å². The molecular formula is C14H11ClN2OS. The maximum Gasteiger partial charge on any atom is 0.150 e. The molecule has 0 aliphatic carbocycles. The largest absolute Gasteiger partial charge is 0.358 e. The van der Waals surface area contributed by atoms with E-state index in [1.807, 2.05) is 48.5 Å². The van der Waals surface area contributed by atoms with Crippen LogP contribution in [0.3, 0.4) is 0 Å². The van der Waals surface area contributed by atoms with Gasteiger partial charge in [0.15, 0.2) is 0 Å². The Balaban J connectivity index is 1.96. The SMILES string of the molecule is O=S(Nc1cccc2c(Cl)c[nH]c12)c1ccccc1. The van der Waals surface area contributed by atoms with Gasteiger partial charge in [0, 0.05) is 11.6 Å². The highest BCUT2D eigenvalue weighted by Crippen LogP contribution is 2.29. The summed E-state index contributed by atoms with van der Waals surface area (Å²) in [7, 11) is -1.29. The van der Waals surface area contributed by atoms with E-state index in [9.17, 15) is 4.21 Å². The Morgan fingerprint density at radius 1 is 1.05 bits per heavy atom. The Bertz CT molecular complexity index is 740. The lowest BCUT2D eigenvalue weighted by molar-refractivity contribution is 0.686. The molecule has 2 aromatic carbocycles. The van der Waals surface area contributed by atoms with Crippen molar-refractivity contribution in [3.05, 3.63) is 59.8 Å². The predicted molar refractivity (Wildman–Crippen MR) is 79.8 cm³/mol. The molecule has 0 aliphatic rings. The van der Waals surface area contributed by atoms with Crippen molar-refractivity contribution in [3.63, 3.8) is 0 Å². The van der Waals surface area contributed by atoms with E-state index < -0.39 is 11.0 Å². The molecule has 96 valence electrons. The van der Waals surface area contributed by atoms with Gasteiger partial charge in [-0.1, -0.05) is 41.9 Å². The second-order valence-corrected chi connectivity index (χ2v) is 5.67. The van der Waals surface area contributed by atoms with Crippen molar-refractivity contribution >= 4 is 39.2 Å². The third kappa shape index (κ3) is 2.37. The summed E-state index contributed by atoms with van der Waals surface area (Å²) in [6.07, 6.45) is 1.73. The first-order valence-electron chi connectivity index (χ1n) is 5.75. The Hall–Kier alpha value is -1.78. The highest BCUT2D eigenvalue weighted by Gasteiger charge is 2.09. The van der Waals surface area contributed by atoms with E-state index in [1.165, 1.54) is 0 Å². The third-order valence-electron chi connectivity index (χ3n) is 2.82. The third-order valence-corrected chi connectivity index (χ3v) is 4.24. The first-order chi connectivity index (χ1) is 9.25. The number of nitrogens with one attached hydrogen (secondary N) is 2.